The molecule has 0 N–H and O–H groups in total. The molecular formula is C13H20N2OS. The fraction of sp³-hybridized carbons (Fsp3) is 0.692. The van der Waals surface area contributed by atoms with Gasteiger partial charge >= 0.3 is 0 Å². The molecule has 1 aliphatic rings. The van der Waals surface area contributed by atoms with Crippen molar-refractivity contribution >= 4 is 17.1 Å². The van der Waals surface area contributed by atoms with Gasteiger partial charge in [0.05, 0.1) is 15.6 Å². The largest absolute Gasteiger partial charge is 0.309 e. The molecule has 0 fully saturated rings. The molecule has 0 radical (unpaired) electrons. The third-order valence-corrected chi connectivity index (χ3v) is 4.25. The molecule has 0 aromatic carbocycles. The second-order valence-electron chi connectivity index (χ2n) is 5.88. The molecule has 4 heteroatoms. The number of ketones is 1. The van der Waals surface area contributed by atoms with Crippen molar-refractivity contribution in [1.29, 1.82) is 0 Å². The molecule has 0 bridgehead atoms. The van der Waals surface area contributed by atoms with Crippen molar-refractivity contribution in [3.05, 3.63) is 15.6 Å². The minimum absolute atomic E-state index is 0.0803. The SMILES string of the molecule is CN(C)CCc1nc2c(s1)C(=O)CC(C)(C)C2. The summed E-state index contributed by atoms with van der Waals surface area (Å²) in [7, 11) is 4.11. The van der Waals surface area contributed by atoms with E-state index in [0.717, 1.165) is 35.0 Å². The van der Waals surface area contributed by atoms with Crippen molar-refractivity contribution in [2.24, 2.45) is 5.41 Å². The molecule has 0 atom stereocenters. The molecule has 1 heterocycles. The van der Waals surface area contributed by atoms with Crippen LogP contribution >= 0.6 is 11.3 Å². The number of thiazole rings is 1. The van der Waals surface area contributed by atoms with Gasteiger partial charge in [0.25, 0.3) is 0 Å². The zero-order valence-electron chi connectivity index (χ0n) is 11.0. The van der Waals surface area contributed by atoms with E-state index < -0.39 is 0 Å². The van der Waals surface area contributed by atoms with E-state index in [4.69, 9.17) is 0 Å². The van der Waals surface area contributed by atoms with Crippen molar-refractivity contribution in [1.82, 2.24) is 9.88 Å². The number of fused-ring (bicyclic) bond motifs is 1. The minimum atomic E-state index is 0.0803. The molecule has 0 saturated heterocycles. The fourth-order valence-corrected chi connectivity index (χ4v) is 3.20. The van der Waals surface area contributed by atoms with E-state index in [1.54, 1.807) is 11.3 Å². The third kappa shape index (κ3) is 2.93. The molecular weight excluding hydrogens is 232 g/mol. The highest BCUT2D eigenvalue weighted by Crippen LogP contribution is 2.36. The predicted octanol–water partition coefficient (Wildman–Crippen LogP) is 2.40. The number of rotatable bonds is 3. The average molecular weight is 252 g/mol. The Morgan fingerprint density at radius 1 is 1.35 bits per heavy atom. The number of nitrogens with zero attached hydrogens (tertiary/aromatic N) is 2. The van der Waals surface area contributed by atoms with Crippen molar-refractivity contribution < 1.29 is 4.79 Å². The molecule has 94 valence electrons. The molecule has 1 aliphatic carbocycles. The maximum Gasteiger partial charge on any atom is 0.175 e. The lowest BCUT2D eigenvalue weighted by molar-refractivity contribution is 0.0916. The van der Waals surface area contributed by atoms with Crippen LogP contribution in [0.4, 0.5) is 0 Å². The van der Waals surface area contributed by atoms with Gasteiger partial charge in [-0.05, 0) is 25.9 Å². The predicted molar refractivity (Wildman–Crippen MR) is 70.8 cm³/mol. The van der Waals surface area contributed by atoms with Crippen LogP contribution in [0.3, 0.4) is 0 Å². The van der Waals surface area contributed by atoms with Crippen LogP contribution in [0, 0.1) is 5.41 Å². The highest BCUT2D eigenvalue weighted by Gasteiger charge is 2.33. The summed E-state index contributed by atoms with van der Waals surface area (Å²) in [6.07, 6.45) is 2.54. The first kappa shape index (κ1) is 12.7. The summed E-state index contributed by atoms with van der Waals surface area (Å²) in [6, 6.07) is 0. The van der Waals surface area contributed by atoms with Gasteiger partial charge in [-0.15, -0.1) is 11.3 Å². The first-order chi connectivity index (χ1) is 7.87. The Kier molecular flexibility index (Phi) is 3.36. The Morgan fingerprint density at radius 3 is 2.71 bits per heavy atom. The van der Waals surface area contributed by atoms with Crippen molar-refractivity contribution in [3.63, 3.8) is 0 Å². The molecule has 2 rings (SSSR count). The monoisotopic (exact) mass is 252 g/mol. The second-order valence-corrected chi connectivity index (χ2v) is 6.96. The van der Waals surface area contributed by atoms with E-state index in [1.165, 1.54) is 0 Å². The Hall–Kier alpha value is -0.740. The molecule has 0 unspecified atom stereocenters. The van der Waals surface area contributed by atoms with E-state index in [1.807, 2.05) is 0 Å². The topological polar surface area (TPSA) is 33.2 Å². The number of hydrogen-bond acceptors (Lipinski definition) is 4. The Labute approximate surface area is 107 Å². The van der Waals surface area contributed by atoms with Gasteiger partial charge in [0.1, 0.15) is 0 Å². The van der Waals surface area contributed by atoms with Gasteiger partial charge < -0.3 is 4.90 Å². The van der Waals surface area contributed by atoms with Crippen LogP contribution < -0.4 is 0 Å². The van der Waals surface area contributed by atoms with E-state index in [-0.39, 0.29) is 11.2 Å². The van der Waals surface area contributed by atoms with E-state index >= 15 is 0 Å². The molecule has 0 amide bonds. The highest BCUT2D eigenvalue weighted by atomic mass is 32.1. The smallest absolute Gasteiger partial charge is 0.175 e. The van der Waals surface area contributed by atoms with Crippen LogP contribution in [0.25, 0.3) is 0 Å². The van der Waals surface area contributed by atoms with Crippen molar-refractivity contribution in [3.8, 4) is 0 Å². The van der Waals surface area contributed by atoms with Crippen LogP contribution in [-0.4, -0.2) is 36.3 Å². The summed E-state index contributed by atoms with van der Waals surface area (Å²) in [4.78, 5) is 19.7. The molecule has 1 aromatic heterocycles. The molecule has 17 heavy (non-hydrogen) atoms. The van der Waals surface area contributed by atoms with Crippen LogP contribution in [0.2, 0.25) is 0 Å². The van der Waals surface area contributed by atoms with Crippen LogP contribution in [0.15, 0.2) is 0 Å². The first-order valence-corrected chi connectivity index (χ1v) is 6.85. The van der Waals surface area contributed by atoms with E-state index in [2.05, 4.69) is 37.8 Å². The maximum absolute atomic E-state index is 12.0. The summed E-state index contributed by atoms with van der Waals surface area (Å²) < 4.78 is 0. The number of carbonyl (C=O) groups is 1. The Bertz CT molecular complexity index is 435. The van der Waals surface area contributed by atoms with Gasteiger partial charge in [0.15, 0.2) is 5.78 Å². The van der Waals surface area contributed by atoms with Gasteiger partial charge in [-0.3, -0.25) is 4.79 Å². The summed E-state index contributed by atoms with van der Waals surface area (Å²) in [5, 5.41) is 1.11. The first-order valence-electron chi connectivity index (χ1n) is 6.04. The van der Waals surface area contributed by atoms with Gasteiger partial charge in [0.2, 0.25) is 0 Å². The lowest BCUT2D eigenvalue weighted by atomic mass is 9.78. The standard InChI is InChI=1S/C13H20N2OS/c1-13(2)7-9-12(10(16)8-13)17-11(14-9)5-6-15(3)4/h5-8H2,1-4H3. The molecule has 3 nitrogen and oxygen atoms in total. The van der Waals surface area contributed by atoms with E-state index in [9.17, 15) is 4.79 Å². The van der Waals surface area contributed by atoms with Crippen molar-refractivity contribution in [2.75, 3.05) is 20.6 Å². The Morgan fingerprint density at radius 2 is 2.06 bits per heavy atom. The average Bonchev–Trinajstić information content (AvgIpc) is 2.56. The van der Waals surface area contributed by atoms with Crippen LogP contribution in [0.1, 0.15) is 40.6 Å². The molecule has 0 spiro atoms. The number of aromatic nitrogens is 1. The summed E-state index contributed by atoms with van der Waals surface area (Å²) >= 11 is 1.60. The fourth-order valence-electron chi connectivity index (χ4n) is 2.20. The number of hydrogen-bond donors (Lipinski definition) is 0. The number of likely N-dealkylation sites (N-methyl/N-ethyl adjacent to an activating group) is 1. The van der Waals surface area contributed by atoms with E-state index in [0.29, 0.717) is 6.42 Å². The van der Waals surface area contributed by atoms with Crippen LogP contribution in [-0.2, 0) is 12.8 Å². The van der Waals surface area contributed by atoms with Crippen LogP contribution in [0.5, 0.6) is 0 Å². The van der Waals surface area contributed by atoms with Gasteiger partial charge in [-0.2, -0.15) is 0 Å². The summed E-state index contributed by atoms with van der Waals surface area (Å²) in [5.74, 6) is 0.282. The molecule has 0 aliphatic heterocycles. The normalized spacial score (nSPS) is 18.5. The highest BCUT2D eigenvalue weighted by molar-refractivity contribution is 7.13. The summed E-state index contributed by atoms with van der Waals surface area (Å²) in [5.41, 5.74) is 1.11. The second kappa shape index (κ2) is 4.50. The lowest BCUT2D eigenvalue weighted by Gasteiger charge is -2.26. The number of Topliss-reactive ketones (excluding diaryl/α,β-unsaturated/α-hetero) is 1. The third-order valence-electron chi connectivity index (χ3n) is 3.05. The molecule has 1 aromatic rings. The van der Waals surface area contributed by atoms with Gasteiger partial charge in [0, 0.05) is 19.4 Å². The Balaban J connectivity index is 2.18. The zero-order valence-corrected chi connectivity index (χ0v) is 11.9. The maximum atomic E-state index is 12.0. The van der Waals surface area contributed by atoms with Gasteiger partial charge in [-0.1, -0.05) is 13.8 Å². The van der Waals surface area contributed by atoms with Crippen molar-refractivity contribution in [2.45, 2.75) is 33.1 Å². The summed E-state index contributed by atoms with van der Waals surface area (Å²) in [6.45, 7) is 5.28. The zero-order chi connectivity index (χ0) is 12.6. The minimum Gasteiger partial charge on any atom is -0.309 e. The quantitative estimate of drug-likeness (QED) is 0.828. The molecule has 0 saturated carbocycles. The van der Waals surface area contributed by atoms with Gasteiger partial charge in [-0.25, -0.2) is 4.98 Å². The number of carbonyl (C=O) groups excluding carboxylic acids is 1. The lowest BCUT2D eigenvalue weighted by Crippen LogP contribution is -2.26.